The minimum absolute atomic E-state index is 0.102. The van der Waals surface area contributed by atoms with Gasteiger partial charge in [-0.15, -0.1) is 0 Å². The number of aliphatic hydroxyl groups excluding tert-OH is 1. The molecule has 2 amide bonds. The quantitative estimate of drug-likeness (QED) is 0.610. The normalized spacial score (nSPS) is 15.4. The molecular formula is C20H24N2O6. The number of benzene rings is 1. The van der Waals surface area contributed by atoms with Crippen LogP contribution in [-0.4, -0.2) is 42.2 Å². The standard InChI is InChI=1S/C20H24N2O6/c1-12-8-19(25)28-17-9-14(6-7-15(12)17)27-11-18(24)22-16(10-23)20(26)21-13-4-2-3-5-13/h6-9,13,16,23H,2-5,10-11H2,1H3,(H,21,26)(H,22,24). The molecule has 1 aliphatic rings. The number of carbonyl (C=O) groups is 2. The molecule has 1 aromatic heterocycles. The summed E-state index contributed by atoms with van der Waals surface area (Å²) >= 11 is 0. The molecule has 150 valence electrons. The van der Waals surface area contributed by atoms with Gasteiger partial charge in [0.15, 0.2) is 6.61 Å². The third-order valence-electron chi connectivity index (χ3n) is 4.83. The molecule has 0 spiro atoms. The number of aliphatic hydroxyl groups is 1. The molecule has 8 heteroatoms. The molecule has 0 saturated heterocycles. The van der Waals surface area contributed by atoms with Gasteiger partial charge in [0, 0.05) is 23.6 Å². The van der Waals surface area contributed by atoms with Gasteiger partial charge in [-0.3, -0.25) is 9.59 Å². The lowest BCUT2D eigenvalue weighted by Gasteiger charge is -2.19. The molecule has 1 atom stereocenters. The second-order valence-electron chi connectivity index (χ2n) is 6.99. The fraction of sp³-hybridized carbons (Fsp3) is 0.450. The largest absolute Gasteiger partial charge is 0.484 e. The topological polar surface area (TPSA) is 118 Å². The van der Waals surface area contributed by atoms with Gasteiger partial charge >= 0.3 is 5.63 Å². The summed E-state index contributed by atoms with van der Waals surface area (Å²) in [4.78, 5) is 35.8. The van der Waals surface area contributed by atoms with Crippen molar-refractivity contribution in [3.05, 3.63) is 40.2 Å². The molecule has 1 heterocycles. The number of fused-ring (bicyclic) bond motifs is 1. The Kier molecular flexibility index (Phi) is 6.30. The van der Waals surface area contributed by atoms with Crippen LogP contribution in [0.5, 0.6) is 5.75 Å². The Morgan fingerprint density at radius 1 is 1.29 bits per heavy atom. The van der Waals surface area contributed by atoms with E-state index in [4.69, 9.17) is 9.15 Å². The van der Waals surface area contributed by atoms with E-state index in [0.717, 1.165) is 36.6 Å². The van der Waals surface area contributed by atoms with Crippen molar-refractivity contribution in [3.8, 4) is 5.75 Å². The number of nitrogens with one attached hydrogen (secondary N) is 2. The van der Waals surface area contributed by atoms with Gasteiger partial charge in [0.2, 0.25) is 5.91 Å². The predicted molar refractivity (Wildman–Crippen MR) is 102 cm³/mol. The van der Waals surface area contributed by atoms with Crippen molar-refractivity contribution in [2.75, 3.05) is 13.2 Å². The highest BCUT2D eigenvalue weighted by Gasteiger charge is 2.24. The molecule has 1 fully saturated rings. The highest BCUT2D eigenvalue weighted by molar-refractivity contribution is 5.88. The summed E-state index contributed by atoms with van der Waals surface area (Å²) in [6.45, 7) is 0.971. The molecule has 2 aromatic rings. The lowest BCUT2D eigenvalue weighted by atomic mass is 10.1. The zero-order chi connectivity index (χ0) is 20.1. The van der Waals surface area contributed by atoms with Crippen molar-refractivity contribution in [1.82, 2.24) is 10.6 Å². The van der Waals surface area contributed by atoms with Crippen LogP contribution >= 0.6 is 0 Å². The number of hydrogen-bond donors (Lipinski definition) is 3. The van der Waals surface area contributed by atoms with Gasteiger partial charge in [0.05, 0.1) is 6.61 Å². The van der Waals surface area contributed by atoms with Crippen molar-refractivity contribution < 1.29 is 23.8 Å². The minimum atomic E-state index is -1.02. The van der Waals surface area contributed by atoms with E-state index < -0.39 is 30.1 Å². The van der Waals surface area contributed by atoms with Crippen LogP contribution in [-0.2, 0) is 9.59 Å². The van der Waals surface area contributed by atoms with Crippen LogP contribution in [0.4, 0.5) is 0 Å². The molecule has 1 aromatic carbocycles. The summed E-state index contributed by atoms with van der Waals surface area (Å²) in [5, 5.41) is 15.5. The first-order valence-electron chi connectivity index (χ1n) is 9.34. The van der Waals surface area contributed by atoms with E-state index in [9.17, 15) is 19.5 Å². The first-order valence-corrected chi connectivity index (χ1v) is 9.34. The highest BCUT2D eigenvalue weighted by atomic mass is 16.5. The molecule has 1 unspecified atom stereocenters. The Morgan fingerprint density at radius 2 is 2.04 bits per heavy atom. The third-order valence-corrected chi connectivity index (χ3v) is 4.83. The molecule has 3 rings (SSSR count). The van der Waals surface area contributed by atoms with E-state index in [0.29, 0.717) is 11.3 Å². The van der Waals surface area contributed by atoms with Crippen molar-refractivity contribution in [2.24, 2.45) is 0 Å². The van der Waals surface area contributed by atoms with Crippen molar-refractivity contribution >= 4 is 22.8 Å². The van der Waals surface area contributed by atoms with Crippen LogP contribution < -0.4 is 21.0 Å². The van der Waals surface area contributed by atoms with E-state index in [1.165, 1.54) is 12.1 Å². The van der Waals surface area contributed by atoms with E-state index in [1.54, 1.807) is 19.1 Å². The molecule has 0 radical (unpaired) electrons. The Morgan fingerprint density at radius 3 is 2.75 bits per heavy atom. The number of aryl methyl sites for hydroxylation is 1. The maximum atomic E-state index is 12.2. The second kappa shape index (κ2) is 8.88. The Bertz CT molecular complexity index is 917. The SMILES string of the molecule is Cc1cc(=O)oc2cc(OCC(=O)NC(CO)C(=O)NC3CCCC3)ccc12. The van der Waals surface area contributed by atoms with Crippen LogP contribution in [0, 0.1) is 6.92 Å². The molecule has 1 aliphatic carbocycles. The van der Waals surface area contributed by atoms with E-state index in [2.05, 4.69) is 10.6 Å². The average Bonchev–Trinajstić information content (AvgIpc) is 3.16. The van der Waals surface area contributed by atoms with Gasteiger partial charge in [-0.25, -0.2) is 4.79 Å². The average molecular weight is 388 g/mol. The summed E-state index contributed by atoms with van der Waals surface area (Å²) < 4.78 is 10.6. The molecule has 1 saturated carbocycles. The zero-order valence-corrected chi connectivity index (χ0v) is 15.7. The first-order chi connectivity index (χ1) is 13.5. The van der Waals surface area contributed by atoms with E-state index >= 15 is 0 Å². The fourth-order valence-corrected chi connectivity index (χ4v) is 3.35. The van der Waals surface area contributed by atoms with Crippen LogP contribution in [0.3, 0.4) is 0 Å². The van der Waals surface area contributed by atoms with Crippen molar-refractivity contribution in [3.63, 3.8) is 0 Å². The van der Waals surface area contributed by atoms with E-state index in [-0.39, 0.29) is 12.6 Å². The minimum Gasteiger partial charge on any atom is -0.484 e. The summed E-state index contributed by atoms with van der Waals surface area (Å²) in [5.74, 6) is -0.579. The molecule has 8 nitrogen and oxygen atoms in total. The maximum Gasteiger partial charge on any atom is 0.336 e. The Balaban J connectivity index is 1.56. The number of ether oxygens (including phenoxy) is 1. The van der Waals surface area contributed by atoms with Crippen LogP contribution in [0.2, 0.25) is 0 Å². The van der Waals surface area contributed by atoms with Crippen LogP contribution in [0.1, 0.15) is 31.2 Å². The van der Waals surface area contributed by atoms with Crippen molar-refractivity contribution in [2.45, 2.75) is 44.7 Å². The predicted octanol–water partition coefficient (Wildman–Crippen LogP) is 1.02. The Hall–Kier alpha value is -2.87. The number of hydrogen-bond acceptors (Lipinski definition) is 6. The summed E-state index contributed by atoms with van der Waals surface area (Å²) in [6.07, 6.45) is 3.97. The lowest BCUT2D eigenvalue weighted by Crippen LogP contribution is -2.51. The Labute approximate surface area is 161 Å². The van der Waals surface area contributed by atoms with Crippen molar-refractivity contribution in [1.29, 1.82) is 0 Å². The molecule has 3 N–H and O–H groups in total. The monoisotopic (exact) mass is 388 g/mol. The first kappa shape index (κ1) is 19.9. The van der Waals surface area contributed by atoms with Crippen LogP contribution in [0.15, 0.2) is 33.5 Å². The third kappa shape index (κ3) is 4.89. The number of carbonyl (C=O) groups excluding carboxylic acids is 2. The van der Waals surface area contributed by atoms with Crippen LogP contribution in [0.25, 0.3) is 11.0 Å². The summed E-state index contributed by atoms with van der Waals surface area (Å²) in [6, 6.07) is 5.43. The second-order valence-corrected chi connectivity index (χ2v) is 6.99. The molecule has 0 aliphatic heterocycles. The van der Waals surface area contributed by atoms with Gasteiger partial charge in [0.25, 0.3) is 5.91 Å². The van der Waals surface area contributed by atoms with Gasteiger partial charge in [-0.05, 0) is 37.5 Å². The van der Waals surface area contributed by atoms with Gasteiger partial charge in [-0.1, -0.05) is 12.8 Å². The summed E-state index contributed by atoms with van der Waals surface area (Å²) in [5.41, 5.74) is 0.695. The number of rotatable bonds is 7. The van der Waals surface area contributed by atoms with Gasteiger partial charge in [-0.2, -0.15) is 0 Å². The molecule has 0 bridgehead atoms. The van der Waals surface area contributed by atoms with Gasteiger partial charge < -0.3 is 24.9 Å². The summed E-state index contributed by atoms with van der Waals surface area (Å²) in [7, 11) is 0. The lowest BCUT2D eigenvalue weighted by molar-refractivity contribution is -0.131. The van der Waals surface area contributed by atoms with E-state index in [1.807, 2.05) is 0 Å². The number of amides is 2. The smallest absolute Gasteiger partial charge is 0.336 e. The van der Waals surface area contributed by atoms with Gasteiger partial charge in [0.1, 0.15) is 17.4 Å². The molecular weight excluding hydrogens is 364 g/mol. The molecule has 28 heavy (non-hydrogen) atoms. The maximum absolute atomic E-state index is 12.2. The zero-order valence-electron chi connectivity index (χ0n) is 15.7. The highest BCUT2D eigenvalue weighted by Crippen LogP contribution is 2.22. The fourth-order valence-electron chi connectivity index (χ4n) is 3.35.